The standard InChI is InChI=1S/C28H33FN6O4/c1-3-35(4-2)16-8-14-31-27(37)33-25-19-22(13-15-30-25)39-24-12-11-21(18-23(24)29)32-28(38)34-26(36)17-20-9-6-5-7-10-20/h5-7,9-13,15,18-19H,3-4,8,14,16-17H2,1-2H3,(H2,30,31,33,37)(H2,32,34,36,38). The quantitative estimate of drug-likeness (QED) is 0.248. The van der Waals surface area contributed by atoms with Crippen molar-refractivity contribution in [3.63, 3.8) is 0 Å². The summed E-state index contributed by atoms with van der Waals surface area (Å²) in [6.07, 6.45) is 2.29. The van der Waals surface area contributed by atoms with E-state index in [0.717, 1.165) is 37.7 Å². The number of benzene rings is 2. The van der Waals surface area contributed by atoms with E-state index >= 15 is 0 Å². The van der Waals surface area contributed by atoms with E-state index in [1.807, 2.05) is 6.07 Å². The second kappa shape index (κ2) is 15.0. The minimum atomic E-state index is -0.778. The Bertz CT molecular complexity index is 1250. The van der Waals surface area contributed by atoms with Crippen molar-refractivity contribution in [3.8, 4) is 11.5 Å². The number of amides is 5. The molecular weight excluding hydrogens is 503 g/mol. The highest BCUT2D eigenvalue weighted by atomic mass is 19.1. The lowest BCUT2D eigenvalue weighted by molar-refractivity contribution is -0.119. The predicted molar refractivity (Wildman–Crippen MR) is 147 cm³/mol. The molecule has 0 saturated carbocycles. The summed E-state index contributed by atoms with van der Waals surface area (Å²) in [5, 5.41) is 10.0. The largest absolute Gasteiger partial charge is 0.454 e. The number of aromatic nitrogens is 1. The highest BCUT2D eigenvalue weighted by Gasteiger charge is 2.12. The summed E-state index contributed by atoms with van der Waals surface area (Å²) in [6, 6.07) is 14.6. The predicted octanol–water partition coefficient (Wildman–Crippen LogP) is 4.76. The SMILES string of the molecule is CCN(CC)CCCNC(=O)Nc1cc(Oc2ccc(NC(=O)NC(=O)Cc3ccccc3)cc2F)ccn1. The third kappa shape index (κ3) is 10.0. The van der Waals surface area contributed by atoms with Gasteiger partial charge >= 0.3 is 12.1 Å². The molecule has 0 saturated heterocycles. The van der Waals surface area contributed by atoms with Crippen molar-refractivity contribution in [2.75, 3.05) is 36.8 Å². The number of hydrogen-bond acceptors (Lipinski definition) is 6. The van der Waals surface area contributed by atoms with Crippen LogP contribution in [-0.4, -0.2) is 54.0 Å². The first-order valence-electron chi connectivity index (χ1n) is 12.7. The van der Waals surface area contributed by atoms with Gasteiger partial charge in [0.2, 0.25) is 5.91 Å². The van der Waals surface area contributed by atoms with E-state index in [9.17, 15) is 18.8 Å². The van der Waals surface area contributed by atoms with Gasteiger partial charge in [0, 0.05) is 30.6 Å². The van der Waals surface area contributed by atoms with E-state index in [-0.39, 0.29) is 29.4 Å². The zero-order chi connectivity index (χ0) is 28.0. The molecule has 3 aromatic rings. The molecule has 0 spiro atoms. The molecule has 0 unspecified atom stereocenters. The second-order valence-corrected chi connectivity index (χ2v) is 8.55. The third-order valence-electron chi connectivity index (χ3n) is 5.68. The van der Waals surface area contributed by atoms with Gasteiger partial charge in [-0.15, -0.1) is 0 Å². The third-order valence-corrected chi connectivity index (χ3v) is 5.68. The first-order valence-corrected chi connectivity index (χ1v) is 12.7. The molecule has 0 aliphatic carbocycles. The number of imide groups is 1. The lowest BCUT2D eigenvalue weighted by Gasteiger charge is -2.17. The molecule has 11 heteroatoms. The van der Waals surface area contributed by atoms with E-state index in [4.69, 9.17) is 4.74 Å². The Morgan fingerprint density at radius 2 is 1.72 bits per heavy atom. The summed E-state index contributed by atoms with van der Waals surface area (Å²) in [7, 11) is 0. The van der Waals surface area contributed by atoms with Crippen molar-refractivity contribution >= 4 is 29.5 Å². The van der Waals surface area contributed by atoms with Crippen molar-refractivity contribution in [1.82, 2.24) is 20.5 Å². The second-order valence-electron chi connectivity index (χ2n) is 8.55. The van der Waals surface area contributed by atoms with E-state index in [1.54, 1.807) is 24.3 Å². The van der Waals surface area contributed by atoms with Crippen LogP contribution in [0.25, 0.3) is 0 Å². The molecule has 3 rings (SSSR count). The molecule has 2 aromatic carbocycles. The van der Waals surface area contributed by atoms with E-state index in [1.165, 1.54) is 30.5 Å². The van der Waals surface area contributed by atoms with Crippen molar-refractivity contribution in [2.24, 2.45) is 0 Å². The molecule has 206 valence electrons. The van der Waals surface area contributed by atoms with Gasteiger partial charge < -0.3 is 20.3 Å². The molecule has 0 aliphatic heterocycles. The fraction of sp³-hybridized carbons (Fsp3) is 0.286. The molecular formula is C28H33FN6O4. The van der Waals surface area contributed by atoms with E-state index in [2.05, 4.69) is 45.0 Å². The molecule has 1 heterocycles. The molecule has 0 radical (unpaired) electrons. The van der Waals surface area contributed by atoms with Crippen LogP contribution in [0.5, 0.6) is 11.5 Å². The molecule has 0 fully saturated rings. The van der Waals surface area contributed by atoms with Gasteiger partial charge in [0.05, 0.1) is 6.42 Å². The van der Waals surface area contributed by atoms with Gasteiger partial charge in [-0.3, -0.25) is 15.4 Å². The van der Waals surface area contributed by atoms with Crippen LogP contribution in [0.3, 0.4) is 0 Å². The van der Waals surface area contributed by atoms with Crippen LogP contribution in [-0.2, 0) is 11.2 Å². The maximum atomic E-state index is 14.7. The molecule has 0 bridgehead atoms. The molecule has 0 aliphatic rings. The fourth-order valence-electron chi connectivity index (χ4n) is 3.65. The molecule has 0 atom stereocenters. The lowest BCUT2D eigenvalue weighted by atomic mass is 10.1. The monoisotopic (exact) mass is 536 g/mol. The maximum Gasteiger partial charge on any atom is 0.325 e. The number of hydrogen-bond donors (Lipinski definition) is 4. The van der Waals surface area contributed by atoms with Gasteiger partial charge in [-0.05, 0) is 49.8 Å². The first-order chi connectivity index (χ1) is 18.9. The maximum absolute atomic E-state index is 14.7. The van der Waals surface area contributed by atoms with Crippen LogP contribution in [0, 0.1) is 5.82 Å². The van der Waals surface area contributed by atoms with E-state index < -0.39 is 23.8 Å². The molecule has 5 amide bonds. The Kier molecular flexibility index (Phi) is 11.2. The van der Waals surface area contributed by atoms with Gasteiger partial charge in [-0.25, -0.2) is 19.0 Å². The smallest absolute Gasteiger partial charge is 0.325 e. The normalized spacial score (nSPS) is 10.6. The van der Waals surface area contributed by atoms with Gasteiger partial charge in [-0.2, -0.15) is 0 Å². The average Bonchev–Trinajstić information content (AvgIpc) is 2.91. The first kappa shape index (κ1) is 29.1. The average molecular weight is 537 g/mol. The van der Waals surface area contributed by atoms with Crippen LogP contribution in [0.2, 0.25) is 0 Å². The van der Waals surface area contributed by atoms with Crippen molar-refractivity contribution in [2.45, 2.75) is 26.7 Å². The number of nitrogens with zero attached hydrogens (tertiary/aromatic N) is 2. The van der Waals surface area contributed by atoms with Crippen LogP contribution in [0.1, 0.15) is 25.8 Å². The van der Waals surface area contributed by atoms with Gasteiger partial charge in [0.15, 0.2) is 11.6 Å². The summed E-state index contributed by atoms with van der Waals surface area (Å²) in [5.41, 5.74) is 0.899. The Morgan fingerprint density at radius 3 is 2.44 bits per heavy atom. The van der Waals surface area contributed by atoms with Crippen molar-refractivity contribution < 1.29 is 23.5 Å². The molecule has 39 heavy (non-hydrogen) atoms. The lowest BCUT2D eigenvalue weighted by Crippen LogP contribution is -2.35. The number of rotatable bonds is 12. The summed E-state index contributed by atoms with van der Waals surface area (Å²) < 4.78 is 20.3. The minimum absolute atomic E-state index is 0.0382. The van der Waals surface area contributed by atoms with Gasteiger partial charge in [0.25, 0.3) is 0 Å². The Hall–Kier alpha value is -4.51. The number of carbonyl (C=O) groups is 3. The van der Waals surface area contributed by atoms with Crippen molar-refractivity contribution in [3.05, 3.63) is 78.2 Å². The van der Waals surface area contributed by atoms with E-state index in [0.29, 0.717) is 6.54 Å². The van der Waals surface area contributed by atoms with Gasteiger partial charge in [0.1, 0.15) is 11.6 Å². The zero-order valence-electron chi connectivity index (χ0n) is 22.0. The number of anilines is 2. The summed E-state index contributed by atoms with van der Waals surface area (Å²) in [5.74, 6) is -0.829. The van der Waals surface area contributed by atoms with Crippen LogP contribution >= 0.6 is 0 Å². The summed E-state index contributed by atoms with van der Waals surface area (Å²) >= 11 is 0. The molecule has 4 N–H and O–H groups in total. The minimum Gasteiger partial charge on any atom is -0.454 e. The zero-order valence-corrected chi connectivity index (χ0v) is 22.0. The number of halogens is 1. The highest BCUT2D eigenvalue weighted by Crippen LogP contribution is 2.27. The van der Waals surface area contributed by atoms with Crippen molar-refractivity contribution in [1.29, 1.82) is 0 Å². The number of pyridine rings is 1. The Labute approximate surface area is 227 Å². The Balaban J connectivity index is 1.48. The van der Waals surface area contributed by atoms with Crippen LogP contribution in [0.15, 0.2) is 66.9 Å². The molecule has 10 nitrogen and oxygen atoms in total. The Morgan fingerprint density at radius 1 is 0.949 bits per heavy atom. The fourth-order valence-corrected chi connectivity index (χ4v) is 3.65. The van der Waals surface area contributed by atoms with Crippen LogP contribution < -0.4 is 26.0 Å². The van der Waals surface area contributed by atoms with Gasteiger partial charge in [-0.1, -0.05) is 44.2 Å². The number of nitrogens with one attached hydrogen (secondary N) is 4. The number of carbonyl (C=O) groups excluding carboxylic acids is 3. The topological polar surface area (TPSA) is 125 Å². The summed E-state index contributed by atoms with van der Waals surface area (Å²) in [6.45, 7) is 7.53. The molecule has 1 aromatic heterocycles. The van der Waals surface area contributed by atoms with Crippen LogP contribution in [0.4, 0.5) is 25.5 Å². The number of urea groups is 2. The highest BCUT2D eigenvalue weighted by molar-refractivity contribution is 6.01. The number of ether oxygens (including phenoxy) is 1. The summed E-state index contributed by atoms with van der Waals surface area (Å²) in [4.78, 5) is 42.7.